The molecule has 7 nitrogen and oxygen atoms in total. The highest BCUT2D eigenvalue weighted by Crippen LogP contribution is 2.26. The van der Waals surface area contributed by atoms with Gasteiger partial charge in [-0.05, 0) is 18.2 Å². The highest BCUT2D eigenvalue weighted by molar-refractivity contribution is 7.18. The van der Waals surface area contributed by atoms with Crippen LogP contribution >= 0.6 is 11.3 Å². The van der Waals surface area contributed by atoms with E-state index in [1.807, 2.05) is 12.1 Å². The number of methoxy groups -OCH3 is 1. The van der Waals surface area contributed by atoms with Crippen molar-refractivity contribution in [1.82, 2.24) is 19.9 Å². The lowest BCUT2D eigenvalue weighted by molar-refractivity contribution is 0.248. The van der Waals surface area contributed by atoms with Gasteiger partial charge in [0, 0.05) is 38.4 Å². The number of aromatic hydroxyl groups is 1. The van der Waals surface area contributed by atoms with E-state index in [1.54, 1.807) is 36.8 Å². The monoisotopic (exact) mass is 357 g/mol. The van der Waals surface area contributed by atoms with Crippen LogP contribution in [0.4, 0.5) is 5.82 Å². The average molecular weight is 357 g/mol. The number of hydrogen-bond donors (Lipinski definition) is 1. The molecule has 1 saturated heterocycles. The first-order valence-electron chi connectivity index (χ1n) is 8.14. The lowest BCUT2D eigenvalue weighted by Gasteiger charge is -2.35. The minimum atomic E-state index is 0.238. The van der Waals surface area contributed by atoms with Gasteiger partial charge < -0.3 is 14.7 Å². The van der Waals surface area contributed by atoms with E-state index in [1.165, 1.54) is 0 Å². The van der Waals surface area contributed by atoms with Crippen LogP contribution in [0.2, 0.25) is 0 Å². The summed E-state index contributed by atoms with van der Waals surface area (Å²) in [6, 6.07) is 7.20. The summed E-state index contributed by atoms with van der Waals surface area (Å²) in [7, 11) is 1.62. The predicted molar refractivity (Wildman–Crippen MR) is 97.4 cm³/mol. The molecule has 4 heterocycles. The molecule has 3 aromatic rings. The molecular formula is C17H19N5O2S. The van der Waals surface area contributed by atoms with Gasteiger partial charge in [0.15, 0.2) is 11.6 Å². The Morgan fingerprint density at radius 1 is 1.16 bits per heavy atom. The molecule has 1 aliphatic rings. The molecule has 0 unspecified atom stereocenters. The Hall–Kier alpha value is -2.45. The van der Waals surface area contributed by atoms with Crippen molar-refractivity contribution in [1.29, 1.82) is 0 Å². The van der Waals surface area contributed by atoms with Crippen molar-refractivity contribution in [3.8, 4) is 11.6 Å². The molecule has 8 heteroatoms. The van der Waals surface area contributed by atoms with Gasteiger partial charge in [0.25, 0.3) is 0 Å². The Balaban J connectivity index is 1.41. The van der Waals surface area contributed by atoms with Gasteiger partial charge in [0.1, 0.15) is 15.4 Å². The van der Waals surface area contributed by atoms with E-state index in [-0.39, 0.29) is 5.75 Å². The maximum atomic E-state index is 9.94. The lowest BCUT2D eigenvalue weighted by Crippen LogP contribution is -2.46. The molecule has 0 spiro atoms. The quantitative estimate of drug-likeness (QED) is 0.766. The van der Waals surface area contributed by atoms with Gasteiger partial charge in [-0.1, -0.05) is 11.3 Å². The second-order valence-corrected chi connectivity index (χ2v) is 6.96. The largest absolute Gasteiger partial charge is 0.504 e. The molecule has 0 saturated carbocycles. The fraction of sp³-hybridized carbons (Fsp3) is 0.353. The number of anilines is 1. The van der Waals surface area contributed by atoms with Crippen molar-refractivity contribution >= 4 is 27.5 Å². The normalized spacial score (nSPS) is 15.6. The third kappa shape index (κ3) is 3.35. The number of aromatic nitrogens is 3. The van der Waals surface area contributed by atoms with E-state index in [0.29, 0.717) is 11.7 Å². The minimum absolute atomic E-state index is 0.238. The zero-order valence-corrected chi connectivity index (χ0v) is 14.7. The number of nitrogens with zero attached hydrogens (tertiary/aromatic N) is 5. The first kappa shape index (κ1) is 16.0. The van der Waals surface area contributed by atoms with Crippen LogP contribution in [-0.2, 0) is 6.54 Å². The molecule has 1 aliphatic heterocycles. The van der Waals surface area contributed by atoms with E-state index in [2.05, 4.69) is 24.8 Å². The van der Waals surface area contributed by atoms with Crippen LogP contribution in [0.5, 0.6) is 11.6 Å². The predicted octanol–water partition coefficient (Wildman–Crippen LogP) is 2.12. The summed E-state index contributed by atoms with van der Waals surface area (Å²) in [6.07, 6.45) is 1.71. The molecule has 130 valence electrons. The summed E-state index contributed by atoms with van der Waals surface area (Å²) >= 11 is 1.61. The van der Waals surface area contributed by atoms with Crippen molar-refractivity contribution in [2.45, 2.75) is 6.54 Å². The van der Waals surface area contributed by atoms with Crippen LogP contribution in [0, 0.1) is 0 Å². The topological polar surface area (TPSA) is 74.6 Å². The molecule has 0 amide bonds. The van der Waals surface area contributed by atoms with Crippen molar-refractivity contribution in [2.24, 2.45) is 0 Å². The van der Waals surface area contributed by atoms with Crippen LogP contribution in [0.3, 0.4) is 0 Å². The highest BCUT2D eigenvalue weighted by atomic mass is 32.1. The SMILES string of the molecule is COc1ccc2nc(CN3CCN(c4ncccc4O)CC3)sc2n1. The van der Waals surface area contributed by atoms with E-state index in [9.17, 15) is 5.11 Å². The Morgan fingerprint density at radius 3 is 2.76 bits per heavy atom. The summed E-state index contributed by atoms with van der Waals surface area (Å²) in [5.74, 6) is 1.52. The molecule has 25 heavy (non-hydrogen) atoms. The smallest absolute Gasteiger partial charge is 0.214 e. The second kappa shape index (κ2) is 6.81. The minimum Gasteiger partial charge on any atom is -0.504 e. The molecule has 3 aromatic heterocycles. The van der Waals surface area contributed by atoms with Gasteiger partial charge in [-0.15, -0.1) is 0 Å². The van der Waals surface area contributed by atoms with Crippen LogP contribution in [0.1, 0.15) is 5.01 Å². The summed E-state index contributed by atoms with van der Waals surface area (Å²) < 4.78 is 5.17. The first-order chi connectivity index (χ1) is 12.2. The summed E-state index contributed by atoms with van der Waals surface area (Å²) in [4.78, 5) is 18.8. The van der Waals surface area contributed by atoms with Gasteiger partial charge in [-0.3, -0.25) is 4.90 Å². The zero-order valence-electron chi connectivity index (χ0n) is 13.9. The number of hydrogen-bond acceptors (Lipinski definition) is 8. The second-order valence-electron chi connectivity index (χ2n) is 5.89. The molecule has 0 atom stereocenters. The Bertz CT molecular complexity index is 876. The zero-order chi connectivity index (χ0) is 17.2. The van der Waals surface area contributed by atoms with Gasteiger partial charge in [-0.25, -0.2) is 15.0 Å². The summed E-state index contributed by atoms with van der Waals surface area (Å²) in [5, 5.41) is 11.0. The number of fused-ring (bicyclic) bond motifs is 1. The summed E-state index contributed by atoms with van der Waals surface area (Å²) in [6.45, 7) is 4.29. The fourth-order valence-electron chi connectivity index (χ4n) is 2.97. The molecule has 0 radical (unpaired) electrons. The number of ether oxygens (including phenoxy) is 1. The van der Waals surface area contributed by atoms with E-state index < -0.39 is 0 Å². The van der Waals surface area contributed by atoms with Crippen molar-refractivity contribution < 1.29 is 9.84 Å². The van der Waals surface area contributed by atoms with E-state index >= 15 is 0 Å². The molecule has 1 N–H and O–H groups in total. The van der Waals surface area contributed by atoms with Crippen molar-refractivity contribution in [3.63, 3.8) is 0 Å². The van der Waals surface area contributed by atoms with Crippen molar-refractivity contribution in [2.75, 3.05) is 38.2 Å². The van der Waals surface area contributed by atoms with Crippen LogP contribution in [0.15, 0.2) is 30.5 Å². The van der Waals surface area contributed by atoms with Crippen molar-refractivity contribution in [3.05, 3.63) is 35.5 Å². The highest BCUT2D eigenvalue weighted by Gasteiger charge is 2.21. The fourth-order valence-corrected chi connectivity index (χ4v) is 3.94. The van der Waals surface area contributed by atoms with Gasteiger partial charge in [0.2, 0.25) is 5.88 Å². The molecule has 1 fully saturated rings. The third-order valence-electron chi connectivity index (χ3n) is 4.28. The van der Waals surface area contributed by atoms with Crippen LogP contribution < -0.4 is 9.64 Å². The van der Waals surface area contributed by atoms with E-state index in [0.717, 1.165) is 48.1 Å². The Labute approximate surface area is 149 Å². The maximum Gasteiger partial charge on any atom is 0.214 e. The molecule has 0 bridgehead atoms. The standard InChI is InChI=1S/C17H19N5O2S/c1-24-14-5-4-12-17(20-14)25-15(19-12)11-21-7-9-22(10-8-21)16-13(23)3-2-6-18-16/h2-6,23H,7-11H2,1H3. The lowest BCUT2D eigenvalue weighted by atomic mass is 10.3. The van der Waals surface area contributed by atoms with Gasteiger partial charge in [-0.2, -0.15) is 0 Å². The molecule has 0 aromatic carbocycles. The molecule has 0 aliphatic carbocycles. The van der Waals surface area contributed by atoms with Gasteiger partial charge >= 0.3 is 0 Å². The summed E-state index contributed by atoms with van der Waals surface area (Å²) in [5.41, 5.74) is 0.915. The van der Waals surface area contributed by atoms with Crippen LogP contribution in [-0.4, -0.2) is 58.2 Å². The van der Waals surface area contributed by atoms with Crippen LogP contribution in [0.25, 0.3) is 10.3 Å². The number of rotatable bonds is 4. The third-order valence-corrected chi connectivity index (χ3v) is 5.23. The van der Waals surface area contributed by atoms with Gasteiger partial charge in [0.05, 0.1) is 13.7 Å². The molecular weight excluding hydrogens is 338 g/mol. The Kier molecular flexibility index (Phi) is 4.37. The van der Waals surface area contributed by atoms with E-state index in [4.69, 9.17) is 4.74 Å². The molecule has 4 rings (SSSR count). The maximum absolute atomic E-state index is 9.94. The average Bonchev–Trinajstić information content (AvgIpc) is 3.04. The Morgan fingerprint density at radius 2 is 2.00 bits per heavy atom. The number of piperazine rings is 1. The number of pyridine rings is 2. The first-order valence-corrected chi connectivity index (χ1v) is 8.96. The number of thiazole rings is 1.